The van der Waals surface area contributed by atoms with Crippen molar-refractivity contribution in [3.8, 4) is 5.75 Å². The van der Waals surface area contributed by atoms with Gasteiger partial charge in [0.1, 0.15) is 12.4 Å². The standard InChI is InChI=1S/C10H15NO3/c1-8-9(7-12)11-4-3-10(8)14-6-5-13-2/h3-4,12H,5-7H2,1-2H3. The van der Waals surface area contributed by atoms with E-state index in [-0.39, 0.29) is 6.61 Å². The van der Waals surface area contributed by atoms with E-state index in [2.05, 4.69) is 4.98 Å². The molecule has 14 heavy (non-hydrogen) atoms. The molecule has 1 heterocycles. The SMILES string of the molecule is COCCOc1ccnc(CO)c1C. The normalized spacial score (nSPS) is 10.2. The lowest BCUT2D eigenvalue weighted by molar-refractivity contribution is 0.145. The van der Waals surface area contributed by atoms with E-state index >= 15 is 0 Å². The predicted octanol–water partition coefficient (Wildman–Crippen LogP) is 0.908. The van der Waals surface area contributed by atoms with E-state index in [1.54, 1.807) is 19.4 Å². The number of aromatic nitrogens is 1. The number of hydrogen-bond donors (Lipinski definition) is 1. The molecule has 0 saturated carbocycles. The Morgan fingerprint density at radius 3 is 2.86 bits per heavy atom. The van der Waals surface area contributed by atoms with Crippen LogP contribution in [-0.4, -0.2) is 30.4 Å². The van der Waals surface area contributed by atoms with Gasteiger partial charge in [0.15, 0.2) is 0 Å². The second-order valence-corrected chi connectivity index (χ2v) is 2.88. The van der Waals surface area contributed by atoms with Gasteiger partial charge in [0, 0.05) is 18.9 Å². The lowest BCUT2D eigenvalue weighted by Gasteiger charge is -2.10. The van der Waals surface area contributed by atoms with Crippen molar-refractivity contribution >= 4 is 0 Å². The second kappa shape index (κ2) is 5.57. The zero-order valence-corrected chi connectivity index (χ0v) is 8.49. The first-order valence-corrected chi connectivity index (χ1v) is 4.46. The zero-order chi connectivity index (χ0) is 10.4. The molecule has 0 unspecified atom stereocenters. The molecule has 0 radical (unpaired) electrons. The molecule has 0 aliphatic carbocycles. The van der Waals surface area contributed by atoms with Gasteiger partial charge < -0.3 is 14.6 Å². The summed E-state index contributed by atoms with van der Waals surface area (Å²) in [6.07, 6.45) is 1.63. The van der Waals surface area contributed by atoms with Crippen molar-refractivity contribution in [1.29, 1.82) is 0 Å². The van der Waals surface area contributed by atoms with Gasteiger partial charge in [0.05, 0.1) is 18.9 Å². The quantitative estimate of drug-likeness (QED) is 0.713. The molecule has 0 saturated heterocycles. The lowest BCUT2D eigenvalue weighted by Crippen LogP contribution is -2.06. The van der Waals surface area contributed by atoms with Crippen molar-refractivity contribution in [2.45, 2.75) is 13.5 Å². The third kappa shape index (κ3) is 2.68. The second-order valence-electron chi connectivity index (χ2n) is 2.88. The molecule has 0 aliphatic heterocycles. The van der Waals surface area contributed by atoms with Crippen LogP contribution in [0.3, 0.4) is 0 Å². The molecule has 1 rings (SSSR count). The Morgan fingerprint density at radius 1 is 1.43 bits per heavy atom. The molecule has 0 aromatic carbocycles. The summed E-state index contributed by atoms with van der Waals surface area (Å²) < 4.78 is 10.3. The van der Waals surface area contributed by atoms with E-state index in [1.807, 2.05) is 6.92 Å². The monoisotopic (exact) mass is 197 g/mol. The minimum Gasteiger partial charge on any atom is -0.491 e. The van der Waals surface area contributed by atoms with Crippen molar-refractivity contribution in [2.24, 2.45) is 0 Å². The van der Waals surface area contributed by atoms with Crippen LogP contribution in [0.25, 0.3) is 0 Å². The van der Waals surface area contributed by atoms with E-state index in [1.165, 1.54) is 0 Å². The number of aliphatic hydroxyl groups excluding tert-OH is 1. The summed E-state index contributed by atoms with van der Waals surface area (Å²) in [7, 11) is 1.63. The van der Waals surface area contributed by atoms with Gasteiger partial charge >= 0.3 is 0 Å². The number of ether oxygens (including phenoxy) is 2. The van der Waals surface area contributed by atoms with Crippen LogP contribution in [-0.2, 0) is 11.3 Å². The van der Waals surface area contributed by atoms with E-state index in [9.17, 15) is 0 Å². The van der Waals surface area contributed by atoms with Crippen molar-refractivity contribution in [3.63, 3.8) is 0 Å². The number of methoxy groups -OCH3 is 1. The summed E-state index contributed by atoms with van der Waals surface area (Å²) in [6.45, 7) is 2.87. The van der Waals surface area contributed by atoms with Crippen LogP contribution in [0.15, 0.2) is 12.3 Å². The molecule has 4 heteroatoms. The summed E-state index contributed by atoms with van der Waals surface area (Å²) in [5, 5.41) is 8.97. The van der Waals surface area contributed by atoms with E-state index in [0.717, 1.165) is 11.3 Å². The van der Waals surface area contributed by atoms with Crippen LogP contribution < -0.4 is 4.74 Å². The molecule has 1 aromatic heterocycles. The fourth-order valence-corrected chi connectivity index (χ4v) is 1.11. The average molecular weight is 197 g/mol. The number of pyridine rings is 1. The Bertz CT molecular complexity index is 289. The maximum atomic E-state index is 8.97. The van der Waals surface area contributed by atoms with Gasteiger partial charge in [-0.2, -0.15) is 0 Å². The largest absolute Gasteiger partial charge is 0.491 e. The molecular weight excluding hydrogens is 182 g/mol. The van der Waals surface area contributed by atoms with Gasteiger partial charge in [0.25, 0.3) is 0 Å². The Morgan fingerprint density at radius 2 is 2.21 bits per heavy atom. The van der Waals surface area contributed by atoms with Crippen molar-refractivity contribution in [2.75, 3.05) is 20.3 Å². The predicted molar refractivity (Wildman–Crippen MR) is 52.3 cm³/mol. The van der Waals surface area contributed by atoms with Crippen LogP contribution in [0.5, 0.6) is 5.75 Å². The van der Waals surface area contributed by atoms with Crippen LogP contribution in [0.1, 0.15) is 11.3 Å². The third-order valence-corrected chi connectivity index (χ3v) is 1.95. The lowest BCUT2D eigenvalue weighted by atomic mass is 10.2. The molecule has 78 valence electrons. The summed E-state index contributed by atoms with van der Waals surface area (Å²) in [5.74, 6) is 0.751. The smallest absolute Gasteiger partial charge is 0.125 e. The average Bonchev–Trinajstić information content (AvgIpc) is 2.21. The highest BCUT2D eigenvalue weighted by Gasteiger charge is 2.04. The molecule has 0 atom stereocenters. The van der Waals surface area contributed by atoms with Gasteiger partial charge in [-0.15, -0.1) is 0 Å². The topological polar surface area (TPSA) is 51.6 Å². The Hall–Kier alpha value is -1.13. The number of nitrogens with zero attached hydrogens (tertiary/aromatic N) is 1. The van der Waals surface area contributed by atoms with Gasteiger partial charge in [-0.1, -0.05) is 0 Å². The third-order valence-electron chi connectivity index (χ3n) is 1.95. The fourth-order valence-electron chi connectivity index (χ4n) is 1.11. The highest BCUT2D eigenvalue weighted by molar-refractivity contribution is 5.34. The minimum absolute atomic E-state index is 0.0622. The Balaban J connectivity index is 2.66. The van der Waals surface area contributed by atoms with Crippen molar-refractivity contribution in [3.05, 3.63) is 23.5 Å². The molecule has 1 N–H and O–H groups in total. The Labute approximate surface area is 83.5 Å². The van der Waals surface area contributed by atoms with E-state index < -0.39 is 0 Å². The molecule has 0 spiro atoms. The summed E-state index contributed by atoms with van der Waals surface area (Å²) in [6, 6.07) is 1.78. The zero-order valence-electron chi connectivity index (χ0n) is 8.49. The first-order chi connectivity index (χ1) is 6.79. The highest BCUT2D eigenvalue weighted by atomic mass is 16.5. The van der Waals surface area contributed by atoms with Crippen LogP contribution in [0.2, 0.25) is 0 Å². The molecule has 0 aliphatic rings. The van der Waals surface area contributed by atoms with Crippen LogP contribution >= 0.6 is 0 Å². The molecule has 0 fully saturated rings. The van der Waals surface area contributed by atoms with Crippen LogP contribution in [0, 0.1) is 6.92 Å². The first kappa shape index (κ1) is 10.9. The summed E-state index contributed by atoms with van der Waals surface area (Å²) in [5.41, 5.74) is 1.53. The first-order valence-electron chi connectivity index (χ1n) is 4.46. The van der Waals surface area contributed by atoms with Crippen molar-refractivity contribution < 1.29 is 14.6 Å². The van der Waals surface area contributed by atoms with Crippen LogP contribution in [0.4, 0.5) is 0 Å². The molecule has 0 amide bonds. The van der Waals surface area contributed by atoms with Gasteiger partial charge in [-0.05, 0) is 13.0 Å². The molecule has 4 nitrogen and oxygen atoms in total. The summed E-state index contributed by atoms with van der Waals surface area (Å²) in [4.78, 5) is 4.02. The molecule has 1 aromatic rings. The van der Waals surface area contributed by atoms with Gasteiger partial charge in [-0.25, -0.2) is 0 Å². The molecule has 0 bridgehead atoms. The number of hydrogen-bond acceptors (Lipinski definition) is 4. The van der Waals surface area contributed by atoms with E-state index in [4.69, 9.17) is 14.6 Å². The fraction of sp³-hybridized carbons (Fsp3) is 0.500. The maximum Gasteiger partial charge on any atom is 0.125 e. The summed E-state index contributed by atoms with van der Waals surface area (Å²) >= 11 is 0. The van der Waals surface area contributed by atoms with Gasteiger partial charge in [-0.3, -0.25) is 4.98 Å². The van der Waals surface area contributed by atoms with E-state index in [0.29, 0.717) is 18.9 Å². The minimum atomic E-state index is -0.0622. The molecular formula is C10H15NO3. The van der Waals surface area contributed by atoms with Crippen molar-refractivity contribution in [1.82, 2.24) is 4.98 Å². The highest BCUT2D eigenvalue weighted by Crippen LogP contribution is 2.19. The maximum absolute atomic E-state index is 8.97. The Kier molecular flexibility index (Phi) is 4.35. The number of rotatable bonds is 5. The van der Waals surface area contributed by atoms with Gasteiger partial charge in [0.2, 0.25) is 0 Å². The number of aliphatic hydroxyl groups is 1.